The number of ether oxygens (including phenoxy) is 2. The minimum absolute atomic E-state index is 0.0756. The summed E-state index contributed by atoms with van der Waals surface area (Å²) in [6.07, 6.45) is 21.2. The zero-order valence-corrected chi connectivity index (χ0v) is 22.5. The maximum atomic E-state index is 12.1. The lowest BCUT2D eigenvalue weighted by atomic mass is 10.0. The molecule has 0 saturated heterocycles. The number of hydrogen-bond donors (Lipinski definition) is 1. The highest BCUT2D eigenvalue weighted by Gasteiger charge is 2.36. The summed E-state index contributed by atoms with van der Waals surface area (Å²) >= 11 is 0. The molecule has 8 heteroatoms. The van der Waals surface area contributed by atoms with Crippen LogP contribution in [0.3, 0.4) is 0 Å². The Hall–Kier alpha value is -0.820. The highest BCUT2D eigenvalue weighted by molar-refractivity contribution is 7.52. The smallest absolute Gasteiger partial charge is 0.511 e. The van der Waals surface area contributed by atoms with Crippen molar-refractivity contribution in [1.82, 2.24) is 0 Å². The molecule has 0 spiro atoms. The largest absolute Gasteiger partial charge is 0.593 e. The summed E-state index contributed by atoms with van der Waals surface area (Å²) in [5.74, 6) is 0. The van der Waals surface area contributed by atoms with Gasteiger partial charge in [0.15, 0.2) is 0 Å². The minimum atomic E-state index is -4.24. The van der Waals surface area contributed by atoms with E-state index in [1.165, 1.54) is 95.9 Å². The molecule has 1 N–H and O–H groups in total. The predicted molar refractivity (Wildman–Crippen MR) is 135 cm³/mol. The van der Waals surface area contributed by atoms with E-state index in [1.807, 2.05) is 6.92 Å². The number of aromatic nitrogens is 1. The molecule has 7 nitrogen and oxygen atoms in total. The molecule has 1 unspecified atom stereocenters. The van der Waals surface area contributed by atoms with Gasteiger partial charge in [-0.1, -0.05) is 101 Å². The Kier molecular flexibility index (Phi) is 19.7. The van der Waals surface area contributed by atoms with E-state index >= 15 is 0 Å². The molecule has 0 aliphatic heterocycles. The summed E-state index contributed by atoms with van der Waals surface area (Å²) < 4.78 is 22.5. The molecule has 2 atom stereocenters. The van der Waals surface area contributed by atoms with E-state index in [2.05, 4.69) is 6.92 Å². The number of phosphoric ester groups is 1. The van der Waals surface area contributed by atoms with Crippen LogP contribution in [0.5, 0.6) is 0 Å². The predicted octanol–water partition coefficient (Wildman–Crippen LogP) is 5.35. The van der Waals surface area contributed by atoms with Gasteiger partial charge < -0.3 is 14.4 Å². The van der Waals surface area contributed by atoms with Gasteiger partial charge in [0, 0.05) is 25.3 Å². The second kappa shape index (κ2) is 21.5. The van der Waals surface area contributed by atoms with Crippen LogP contribution in [0.1, 0.15) is 104 Å². The third-order valence-corrected chi connectivity index (χ3v) is 6.53. The van der Waals surface area contributed by atoms with Gasteiger partial charge in [-0.2, -0.15) is 9.42 Å². The fourth-order valence-electron chi connectivity index (χ4n) is 3.75. The number of unbranched alkanes of at least 4 members (excludes halogenated alkanes) is 13. The lowest BCUT2D eigenvalue weighted by Crippen LogP contribution is -2.45. The fourth-order valence-corrected chi connectivity index (χ4v) is 4.50. The molecule has 1 heterocycles. The van der Waals surface area contributed by atoms with E-state index in [0.717, 1.165) is 11.2 Å². The maximum Gasteiger partial charge on any atom is 0.511 e. The van der Waals surface area contributed by atoms with Crippen LogP contribution in [0.4, 0.5) is 0 Å². The first-order valence-electron chi connectivity index (χ1n) is 13.4. The van der Waals surface area contributed by atoms with Crippen LogP contribution in [-0.4, -0.2) is 37.4 Å². The first-order valence-corrected chi connectivity index (χ1v) is 14.9. The number of hydrogen-bond acceptors (Lipinski definition) is 6. The van der Waals surface area contributed by atoms with E-state index < -0.39 is 14.3 Å². The number of rotatable bonds is 24. The summed E-state index contributed by atoms with van der Waals surface area (Å²) in [6, 6.07) is 5.16. The highest BCUT2D eigenvalue weighted by atomic mass is 31.2. The molecule has 0 amide bonds. The monoisotopic (exact) mass is 502 g/mol. The zero-order chi connectivity index (χ0) is 24.7. The molecule has 198 valence electrons. The van der Waals surface area contributed by atoms with Crippen molar-refractivity contribution in [3.63, 3.8) is 0 Å². The van der Waals surface area contributed by atoms with Crippen molar-refractivity contribution in [3.05, 3.63) is 30.6 Å². The van der Waals surface area contributed by atoms with Gasteiger partial charge in [-0.15, -0.1) is 0 Å². The van der Waals surface area contributed by atoms with Gasteiger partial charge in [0.1, 0.15) is 12.7 Å². The number of phosphoric acid groups is 1. The first-order chi connectivity index (χ1) is 16.6. The van der Waals surface area contributed by atoms with Gasteiger partial charge in [0.25, 0.3) is 0 Å². The van der Waals surface area contributed by atoms with Gasteiger partial charge in [-0.05, 0) is 13.3 Å². The van der Waals surface area contributed by atoms with Crippen molar-refractivity contribution in [3.8, 4) is 0 Å². The molecular weight excluding hydrogens is 453 g/mol. The topological polar surface area (TPSA) is 84.1 Å². The Morgan fingerprint density at radius 1 is 0.765 bits per heavy atom. The summed E-state index contributed by atoms with van der Waals surface area (Å²) in [4.78, 5) is 22.0. The first kappa shape index (κ1) is 31.2. The molecule has 0 radical (unpaired) electrons. The molecule has 1 rings (SSSR count). The average molecular weight is 503 g/mol. The molecule has 0 saturated carbocycles. The van der Waals surface area contributed by atoms with E-state index in [1.54, 1.807) is 18.2 Å². The number of pyridine rings is 1. The Bertz CT molecular complexity index is 563. The number of nitrogens with zero attached hydrogens (tertiary/aromatic N) is 1. The quantitative estimate of drug-likeness (QED) is 0.117. The van der Waals surface area contributed by atoms with Gasteiger partial charge in [0.2, 0.25) is 12.4 Å². The highest BCUT2D eigenvalue weighted by Crippen LogP contribution is 2.42. The molecule has 1 aromatic rings. The van der Waals surface area contributed by atoms with Crippen LogP contribution in [0.15, 0.2) is 30.6 Å². The summed E-state index contributed by atoms with van der Waals surface area (Å²) in [5.41, 5.74) is 0. The third-order valence-electron chi connectivity index (χ3n) is 5.66. The molecule has 0 aromatic carbocycles. The van der Waals surface area contributed by atoms with Gasteiger partial charge in [0.05, 0.1) is 11.3 Å². The van der Waals surface area contributed by atoms with Crippen LogP contribution >= 0.6 is 8.17 Å². The van der Waals surface area contributed by atoms with E-state index in [4.69, 9.17) is 18.6 Å². The second-order valence-electron chi connectivity index (χ2n) is 8.83. The normalized spacial score (nSPS) is 14.1. The molecule has 0 fully saturated rings. The lowest BCUT2D eigenvalue weighted by Gasteiger charge is -2.19. The molecule has 0 bridgehead atoms. The maximum absolute atomic E-state index is 12.1. The Balaban J connectivity index is 1.98. The van der Waals surface area contributed by atoms with Crippen LogP contribution in [0.2, 0.25) is 0 Å². The summed E-state index contributed by atoms with van der Waals surface area (Å²) in [7, 11) is -4.24. The average Bonchev–Trinajstić information content (AvgIpc) is 2.82. The van der Waals surface area contributed by atoms with Crippen molar-refractivity contribution in [2.75, 3.05) is 26.4 Å². The molecule has 1 aromatic heterocycles. The van der Waals surface area contributed by atoms with Gasteiger partial charge >= 0.3 is 8.17 Å². The van der Waals surface area contributed by atoms with Crippen molar-refractivity contribution in [1.29, 1.82) is 0 Å². The van der Waals surface area contributed by atoms with Crippen molar-refractivity contribution >= 4 is 8.17 Å². The van der Waals surface area contributed by atoms with Crippen LogP contribution in [-0.2, 0) is 14.0 Å². The van der Waals surface area contributed by atoms with E-state index in [-0.39, 0.29) is 6.61 Å². The summed E-state index contributed by atoms with van der Waals surface area (Å²) in [5, 5.41) is 0. The second-order valence-corrected chi connectivity index (χ2v) is 10.2. The fraction of sp³-hybridized carbons (Fsp3) is 0.808. The van der Waals surface area contributed by atoms with E-state index in [9.17, 15) is 9.79 Å². The Morgan fingerprint density at radius 3 is 1.82 bits per heavy atom. The van der Waals surface area contributed by atoms with Crippen molar-refractivity contribution in [2.24, 2.45) is 0 Å². The standard InChI is InChI=1S/C26H48NO6P/c1-3-5-6-7-8-9-10-11-12-13-14-15-16-20-23-30-24-26(31-4-2)25-32-34(28,29)33-27-21-18-17-19-22-27/h17-19,21-22,26H,3-16,20,23-25H2,1-2H3/p+1/t26-/m0/s1. The van der Waals surface area contributed by atoms with Gasteiger partial charge in [-0.3, -0.25) is 0 Å². The SMILES string of the molecule is CCCCCCCCCCCCCCCCOC[C@@H](CO[P+]([O-])(O)O[n+]1ccccc1)OCC. The molecule has 34 heavy (non-hydrogen) atoms. The van der Waals surface area contributed by atoms with E-state index in [0.29, 0.717) is 19.8 Å². The van der Waals surface area contributed by atoms with Crippen molar-refractivity contribution in [2.45, 2.75) is 110 Å². The van der Waals surface area contributed by atoms with Crippen molar-refractivity contribution < 1.29 is 33.1 Å². The Labute approximate surface area is 208 Å². The Morgan fingerprint density at radius 2 is 1.29 bits per heavy atom. The van der Waals surface area contributed by atoms with Crippen LogP contribution in [0, 0.1) is 0 Å². The lowest BCUT2D eigenvalue weighted by molar-refractivity contribution is -0.866. The molecule has 0 aliphatic carbocycles. The van der Waals surface area contributed by atoms with Crippen LogP contribution < -0.4 is 14.2 Å². The summed E-state index contributed by atoms with van der Waals surface area (Å²) in [6.45, 7) is 5.52. The minimum Gasteiger partial charge on any atom is -0.593 e. The zero-order valence-electron chi connectivity index (χ0n) is 21.6. The molecular formula is C26H49NO6P+. The van der Waals surface area contributed by atoms with Gasteiger partial charge in [-0.25, -0.2) is 0 Å². The third kappa shape index (κ3) is 18.5. The van der Waals surface area contributed by atoms with Crippen LogP contribution in [0.25, 0.3) is 0 Å². The molecule has 0 aliphatic rings.